The Morgan fingerprint density at radius 2 is 1.79 bits per heavy atom. The number of thiophene rings is 1. The van der Waals surface area contributed by atoms with Gasteiger partial charge in [-0.15, -0.1) is 11.3 Å². The minimum atomic E-state index is -4.44. The van der Waals surface area contributed by atoms with Crippen LogP contribution in [0.4, 0.5) is 24.0 Å². The number of carbonyl (C=O) groups is 2. The topological polar surface area (TPSA) is 71.1 Å². The van der Waals surface area contributed by atoms with E-state index >= 15 is 0 Å². The van der Waals surface area contributed by atoms with Crippen LogP contribution in [0, 0.1) is 0 Å². The molecule has 2 aromatic carbocycles. The summed E-state index contributed by atoms with van der Waals surface area (Å²) in [5, 5.41) is 6.34. The molecule has 0 atom stereocenters. The zero-order chi connectivity index (χ0) is 20.8. The number of benzene rings is 2. The largest absolute Gasteiger partial charge is 0.416 e. The SMILES string of the molecule is CC(=O)Nc1nc2c(NC(=O)c3cc4ccc(C(F)(F)F)cc4s3)cccc2s1. The number of amides is 2. The minimum absolute atomic E-state index is 0.252. The molecule has 29 heavy (non-hydrogen) atoms. The minimum Gasteiger partial charge on any atom is -0.319 e. The van der Waals surface area contributed by atoms with Gasteiger partial charge in [-0.2, -0.15) is 13.2 Å². The predicted molar refractivity (Wildman–Crippen MR) is 109 cm³/mol. The van der Waals surface area contributed by atoms with Gasteiger partial charge in [0.2, 0.25) is 5.91 Å². The maximum Gasteiger partial charge on any atom is 0.416 e. The third-order valence-corrected chi connectivity index (χ3v) is 6.05. The number of halogens is 3. The maximum absolute atomic E-state index is 12.9. The van der Waals surface area contributed by atoms with Crippen molar-refractivity contribution in [2.24, 2.45) is 0 Å². The molecule has 0 aliphatic heterocycles. The molecule has 0 saturated heterocycles. The van der Waals surface area contributed by atoms with Crippen molar-refractivity contribution >= 4 is 65.6 Å². The molecule has 0 unspecified atom stereocenters. The van der Waals surface area contributed by atoms with Crippen LogP contribution in [-0.4, -0.2) is 16.8 Å². The summed E-state index contributed by atoms with van der Waals surface area (Å²) >= 11 is 2.26. The van der Waals surface area contributed by atoms with Crippen LogP contribution in [0.15, 0.2) is 42.5 Å². The number of hydrogen-bond donors (Lipinski definition) is 2. The Kier molecular flexibility index (Phi) is 4.75. The molecule has 2 amide bonds. The van der Waals surface area contributed by atoms with E-state index in [1.807, 2.05) is 6.07 Å². The van der Waals surface area contributed by atoms with E-state index in [4.69, 9.17) is 0 Å². The van der Waals surface area contributed by atoms with E-state index in [1.54, 1.807) is 18.2 Å². The van der Waals surface area contributed by atoms with Gasteiger partial charge >= 0.3 is 6.18 Å². The fourth-order valence-corrected chi connectivity index (χ4v) is 4.69. The maximum atomic E-state index is 12.9. The van der Waals surface area contributed by atoms with Crippen LogP contribution in [-0.2, 0) is 11.0 Å². The smallest absolute Gasteiger partial charge is 0.319 e. The first-order valence-corrected chi connectivity index (χ1v) is 9.93. The van der Waals surface area contributed by atoms with E-state index in [0.717, 1.165) is 28.2 Å². The van der Waals surface area contributed by atoms with E-state index in [0.29, 0.717) is 26.4 Å². The van der Waals surface area contributed by atoms with Gasteiger partial charge in [-0.3, -0.25) is 9.59 Å². The van der Waals surface area contributed by atoms with Gasteiger partial charge < -0.3 is 10.6 Å². The molecule has 4 rings (SSSR count). The highest BCUT2D eigenvalue weighted by molar-refractivity contribution is 7.22. The van der Waals surface area contributed by atoms with Gasteiger partial charge in [0.25, 0.3) is 5.91 Å². The fraction of sp³-hybridized carbons (Fsp3) is 0.105. The second-order valence-corrected chi connectivity index (χ2v) is 8.28. The molecular formula is C19H12F3N3O2S2. The highest BCUT2D eigenvalue weighted by atomic mass is 32.1. The Labute approximate surface area is 170 Å². The number of para-hydroxylation sites is 1. The van der Waals surface area contributed by atoms with Crippen LogP contribution < -0.4 is 10.6 Å². The molecule has 0 aliphatic rings. The molecule has 0 spiro atoms. The number of hydrogen-bond acceptors (Lipinski definition) is 5. The van der Waals surface area contributed by atoms with Crippen LogP contribution >= 0.6 is 22.7 Å². The number of anilines is 2. The Bertz CT molecular complexity index is 1260. The van der Waals surface area contributed by atoms with Gasteiger partial charge in [0, 0.05) is 11.6 Å². The van der Waals surface area contributed by atoms with E-state index in [9.17, 15) is 22.8 Å². The Morgan fingerprint density at radius 1 is 1.00 bits per heavy atom. The van der Waals surface area contributed by atoms with Gasteiger partial charge in [-0.25, -0.2) is 4.98 Å². The van der Waals surface area contributed by atoms with Crippen molar-refractivity contribution in [3.8, 4) is 0 Å². The number of fused-ring (bicyclic) bond motifs is 2. The number of alkyl halides is 3. The summed E-state index contributed by atoms with van der Waals surface area (Å²) in [5.74, 6) is -0.695. The van der Waals surface area contributed by atoms with Crippen molar-refractivity contribution in [2.45, 2.75) is 13.1 Å². The normalized spacial score (nSPS) is 11.7. The van der Waals surface area contributed by atoms with Crippen LogP contribution in [0.5, 0.6) is 0 Å². The van der Waals surface area contributed by atoms with Crippen molar-refractivity contribution in [2.75, 3.05) is 10.6 Å². The monoisotopic (exact) mass is 435 g/mol. The lowest BCUT2D eigenvalue weighted by Crippen LogP contribution is -2.10. The highest BCUT2D eigenvalue weighted by Gasteiger charge is 2.30. The molecule has 0 bridgehead atoms. The molecular weight excluding hydrogens is 423 g/mol. The van der Waals surface area contributed by atoms with Crippen molar-refractivity contribution in [1.82, 2.24) is 4.98 Å². The van der Waals surface area contributed by atoms with Gasteiger partial charge in [0.05, 0.1) is 20.8 Å². The first-order chi connectivity index (χ1) is 13.7. The molecule has 2 N–H and O–H groups in total. The lowest BCUT2D eigenvalue weighted by atomic mass is 10.1. The van der Waals surface area contributed by atoms with E-state index in [2.05, 4.69) is 15.6 Å². The predicted octanol–water partition coefficient (Wildman–Crippen LogP) is 5.74. The fourth-order valence-electron chi connectivity index (χ4n) is 2.76. The van der Waals surface area contributed by atoms with Gasteiger partial charge in [0.15, 0.2) is 5.13 Å². The molecule has 4 aromatic rings. The zero-order valence-corrected chi connectivity index (χ0v) is 16.4. The average Bonchev–Trinajstić information content (AvgIpc) is 3.23. The van der Waals surface area contributed by atoms with E-state index in [-0.39, 0.29) is 10.8 Å². The molecule has 148 valence electrons. The van der Waals surface area contributed by atoms with E-state index < -0.39 is 17.6 Å². The van der Waals surface area contributed by atoms with Crippen LogP contribution in [0.25, 0.3) is 20.3 Å². The molecule has 0 saturated carbocycles. The molecule has 2 heterocycles. The third kappa shape index (κ3) is 3.94. The summed E-state index contributed by atoms with van der Waals surface area (Å²) < 4.78 is 39.8. The summed E-state index contributed by atoms with van der Waals surface area (Å²) in [6, 6.07) is 10.2. The summed E-state index contributed by atoms with van der Waals surface area (Å²) in [5.41, 5.74) is 0.223. The second-order valence-electron chi connectivity index (χ2n) is 6.17. The first kappa shape index (κ1) is 19.3. The molecule has 2 aromatic heterocycles. The number of nitrogens with zero attached hydrogens (tertiary/aromatic N) is 1. The number of thiazole rings is 1. The van der Waals surface area contributed by atoms with E-state index in [1.165, 1.54) is 24.3 Å². The number of aromatic nitrogens is 1. The molecule has 0 fully saturated rings. The van der Waals surface area contributed by atoms with Gasteiger partial charge in [-0.1, -0.05) is 23.5 Å². The summed E-state index contributed by atoms with van der Waals surface area (Å²) in [6.07, 6.45) is -4.44. The standard InChI is InChI=1S/C19H12F3N3O2S2/c1-9(26)23-18-25-16-12(3-2-4-13(16)29-18)24-17(27)15-7-10-5-6-11(19(20,21)22)8-14(10)28-15/h2-8H,1H3,(H,24,27)(H,23,25,26). The zero-order valence-electron chi connectivity index (χ0n) is 14.8. The Balaban J connectivity index is 1.64. The van der Waals surface area contributed by atoms with Crippen LogP contribution in [0.3, 0.4) is 0 Å². The summed E-state index contributed by atoms with van der Waals surface area (Å²) in [4.78, 5) is 28.5. The van der Waals surface area contributed by atoms with Gasteiger partial charge in [-0.05, 0) is 35.7 Å². The van der Waals surface area contributed by atoms with Crippen molar-refractivity contribution < 1.29 is 22.8 Å². The number of carbonyl (C=O) groups excluding carboxylic acids is 2. The first-order valence-electron chi connectivity index (χ1n) is 8.30. The van der Waals surface area contributed by atoms with Crippen LogP contribution in [0.1, 0.15) is 22.2 Å². The molecule has 5 nitrogen and oxygen atoms in total. The van der Waals surface area contributed by atoms with Crippen molar-refractivity contribution in [3.05, 3.63) is 52.9 Å². The molecule has 0 radical (unpaired) electrons. The molecule has 10 heteroatoms. The Morgan fingerprint density at radius 3 is 2.52 bits per heavy atom. The highest BCUT2D eigenvalue weighted by Crippen LogP contribution is 2.35. The summed E-state index contributed by atoms with van der Waals surface area (Å²) in [7, 11) is 0. The van der Waals surface area contributed by atoms with Gasteiger partial charge in [0.1, 0.15) is 5.52 Å². The number of rotatable bonds is 3. The number of nitrogens with one attached hydrogen (secondary N) is 2. The van der Waals surface area contributed by atoms with Crippen molar-refractivity contribution in [3.63, 3.8) is 0 Å². The lowest BCUT2D eigenvalue weighted by Gasteiger charge is -2.05. The van der Waals surface area contributed by atoms with Crippen LogP contribution in [0.2, 0.25) is 0 Å². The quantitative estimate of drug-likeness (QED) is 0.431. The molecule has 0 aliphatic carbocycles. The lowest BCUT2D eigenvalue weighted by molar-refractivity contribution is -0.137. The van der Waals surface area contributed by atoms with Crippen molar-refractivity contribution in [1.29, 1.82) is 0 Å². The summed E-state index contributed by atoms with van der Waals surface area (Å²) in [6.45, 7) is 1.38. The average molecular weight is 435 g/mol. The Hall–Kier alpha value is -2.98. The third-order valence-electron chi connectivity index (χ3n) is 4.02. The second kappa shape index (κ2) is 7.12.